The molecular formula is C29H35N3O6S2. The van der Waals surface area contributed by atoms with Gasteiger partial charge < -0.3 is 20.1 Å². The van der Waals surface area contributed by atoms with Crippen molar-refractivity contribution in [2.24, 2.45) is 5.92 Å². The number of thiophene rings is 1. The lowest BCUT2D eigenvalue weighted by atomic mass is 10.0. The zero-order chi connectivity index (χ0) is 28.9. The van der Waals surface area contributed by atoms with Crippen LogP contribution in [0.15, 0.2) is 70.3 Å². The van der Waals surface area contributed by atoms with Gasteiger partial charge in [0.1, 0.15) is 16.1 Å². The number of hydrogen-bond donors (Lipinski definition) is 2. The van der Waals surface area contributed by atoms with E-state index in [4.69, 9.17) is 4.74 Å². The highest BCUT2D eigenvalue weighted by molar-refractivity contribution is 7.91. The van der Waals surface area contributed by atoms with E-state index in [9.17, 15) is 23.1 Å². The Hall–Kier alpha value is -3.25. The second kappa shape index (κ2) is 12.9. The standard InChI is InChI=1S/C29H35N3O6S2/c1-20-17-32(21(2)19-33)28(35)16-23-15-24(30-27(34)14-22-8-5-4-6-9-22)11-12-25(23)38-26(20)18-31(3)40(36,37)29-10-7-13-39-29/h4-13,15,20-21,26,33H,14,16-19H2,1-3H3,(H,30,34)/t20-,21+,26+/m1/s1. The number of sulfonamides is 1. The Labute approximate surface area is 239 Å². The Kier molecular flexibility index (Phi) is 9.62. The predicted molar refractivity (Wildman–Crippen MR) is 155 cm³/mol. The summed E-state index contributed by atoms with van der Waals surface area (Å²) in [7, 11) is -2.20. The molecule has 3 atom stereocenters. The van der Waals surface area contributed by atoms with E-state index in [1.807, 2.05) is 37.3 Å². The first kappa shape index (κ1) is 29.7. The molecule has 2 heterocycles. The van der Waals surface area contributed by atoms with Crippen LogP contribution in [-0.4, -0.2) is 73.4 Å². The van der Waals surface area contributed by atoms with Gasteiger partial charge in [0.2, 0.25) is 11.8 Å². The van der Waals surface area contributed by atoms with Gasteiger partial charge in [-0.15, -0.1) is 11.3 Å². The summed E-state index contributed by atoms with van der Waals surface area (Å²) < 4.78 is 34.2. The number of hydrogen-bond acceptors (Lipinski definition) is 7. The molecule has 0 fully saturated rings. The number of amides is 2. The molecular weight excluding hydrogens is 550 g/mol. The number of fused-ring (bicyclic) bond motifs is 1. The molecule has 40 heavy (non-hydrogen) atoms. The predicted octanol–water partition coefficient (Wildman–Crippen LogP) is 3.40. The summed E-state index contributed by atoms with van der Waals surface area (Å²) in [5.74, 6) is -0.183. The number of nitrogens with one attached hydrogen (secondary N) is 1. The van der Waals surface area contributed by atoms with Gasteiger partial charge in [-0.3, -0.25) is 9.59 Å². The summed E-state index contributed by atoms with van der Waals surface area (Å²) in [4.78, 5) is 27.7. The lowest BCUT2D eigenvalue weighted by Crippen LogP contribution is -2.48. The second-order valence-electron chi connectivity index (χ2n) is 10.1. The van der Waals surface area contributed by atoms with E-state index >= 15 is 0 Å². The van der Waals surface area contributed by atoms with Crippen molar-refractivity contribution in [1.29, 1.82) is 0 Å². The third-order valence-corrected chi connectivity index (χ3v) is 10.2. The number of carbonyl (C=O) groups is 2. The Balaban J connectivity index is 1.61. The molecule has 2 N–H and O–H groups in total. The molecule has 0 unspecified atom stereocenters. The molecule has 4 rings (SSSR count). The number of anilines is 1. The van der Waals surface area contributed by atoms with Crippen LogP contribution in [0.5, 0.6) is 5.75 Å². The SMILES string of the molecule is C[C@@H]1CN([C@@H](C)CO)C(=O)Cc2cc(NC(=O)Cc3ccccc3)ccc2O[C@H]1CN(C)S(=O)(=O)c1cccs1. The van der Waals surface area contributed by atoms with E-state index in [1.54, 1.807) is 47.5 Å². The van der Waals surface area contributed by atoms with E-state index in [1.165, 1.54) is 11.4 Å². The maximum absolute atomic E-state index is 13.4. The van der Waals surface area contributed by atoms with Crippen molar-refractivity contribution in [2.75, 3.05) is 32.1 Å². The zero-order valence-corrected chi connectivity index (χ0v) is 24.5. The molecule has 0 radical (unpaired) electrons. The molecule has 1 aliphatic rings. The number of ether oxygens (including phenoxy) is 1. The van der Waals surface area contributed by atoms with Gasteiger partial charge in [0.05, 0.1) is 32.0 Å². The third-order valence-electron chi connectivity index (χ3n) is 7.00. The maximum atomic E-state index is 13.4. The monoisotopic (exact) mass is 585 g/mol. The van der Waals surface area contributed by atoms with Crippen LogP contribution in [0.2, 0.25) is 0 Å². The van der Waals surface area contributed by atoms with E-state index in [-0.39, 0.29) is 54.5 Å². The van der Waals surface area contributed by atoms with Crippen molar-refractivity contribution in [3.8, 4) is 5.75 Å². The molecule has 0 saturated heterocycles. The molecule has 1 aliphatic heterocycles. The molecule has 0 bridgehead atoms. The van der Waals surface area contributed by atoms with Crippen molar-refractivity contribution in [2.45, 2.75) is 43.0 Å². The van der Waals surface area contributed by atoms with E-state index < -0.39 is 22.2 Å². The summed E-state index contributed by atoms with van der Waals surface area (Å²) >= 11 is 1.15. The second-order valence-corrected chi connectivity index (χ2v) is 13.4. The molecule has 2 amide bonds. The van der Waals surface area contributed by atoms with Gasteiger partial charge in [0.25, 0.3) is 10.0 Å². The third kappa shape index (κ3) is 7.08. The quantitative estimate of drug-likeness (QED) is 0.398. The molecule has 3 aromatic rings. The largest absolute Gasteiger partial charge is 0.488 e. The summed E-state index contributed by atoms with van der Waals surface area (Å²) in [5, 5.41) is 14.5. The van der Waals surface area contributed by atoms with Crippen LogP contribution < -0.4 is 10.1 Å². The highest BCUT2D eigenvalue weighted by atomic mass is 32.2. The smallest absolute Gasteiger partial charge is 0.252 e. The fourth-order valence-corrected chi connectivity index (χ4v) is 7.01. The first-order valence-electron chi connectivity index (χ1n) is 13.1. The molecule has 2 aromatic carbocycles. The Morgan fingerprint density at radius 3 is 2.62 bits per heavy atom. The minimum atomic E-state index is -3.71. The number of likely N-dealkylation sites (N-methyl/N-ethyl adjacent to an activating group) is 1. The van der Waals surface area contributed by atoms with Gasteiger partial charge in [-0.25, -0.2) is 8.42 Å². The van der Waals surface area contributed by atoms with Crippen LogP contribution in [0.3, 0.4) is 0 Å². The summed E-state index contributed by atoms with van der Waals surface area (Å²) in [5.41, 5.74) is 1.98. The van der Waals surface area contributed by atoms with Crippen molar-refractivity contribution in [3.05, 3.63) is 77.2 Å². The highest BCUT2D eigenvalue weighted by Gasteiger charge is 2.33. The van der Waals surface area contributed by atoms with Gasteiger partial charge in [0.15, 0.2) is 0 Å². The fraction of sp³-hybridized carbons (Fsp3) is 0.379. The lowest BCUT2D eigenvalue weighted by molar-refractivity contribution is -0.134. The Morgan fingerprint density at radius 2 is 1.95 bits per heavy atom. The zero-order valence-electron chi connectivity index (χ0n) is 22.8. The Bertz CT molecular complexity index is 1410. The van der Waals surface area contributed by atoms with Crippen LogP contribution in [-0.2, 0) is 32.5 Å². The number of aliphatic hydroxyl groups is 1. The normalized spacial score (nSPS) is 18.7. The van der Waals surface area contributed by atoms with Gasteiger partial charge >= 0.3 is 0 Å². The van der Waals surface area contributed by atoms with Crippen molar-refractivity contribution in [3.63, 3.8) is 0 Å². The minimum Gasteiger partial charge on any atom is -0.488 e. The van der Waals surface area contributed by atoms with E-state index in [0.29, 0.717) is 17.0 Å². The Morgan fingerprint density at radius 1 is 1.20 bits per heavy atom. The first-order valence-corrected chi connectivity index (χ1v) is 15.4. The number of carbonyl (C=O) groups excluding carboxylic acids is 2. The van der Waals surface area contributed by atoms with Crippen LogP contribution in [0, 0.1) is 5.92 Å². The molecule has 214 valence electrons. The van der Waals surface area contributed by atoms with Gasteiger partial charge in [-0.1, -0.05) is 43.3 Å². The minimum absolute atomic E-state index is 0.00480. The number of rotatable bonds is 9. The summed E-state index contributed by atoms with van der Waals surface area (Å²) in [6.45, 7) is 3.81. The summed E-state index contributed by atoms with van der Waals surface area (Å²) in [6.07, 6.45) is -0.374. The fourth-order valence-electron chi connectivity index (χ4n) is 4.63. The average Bonchev–Trinajstić information content (AvgIpc) is 3.49. The van der Waals surface area contributed by atoms with Crippen molar-refractivity contribution >= 4 is 38.9 Å². The average molecular weight is 586 g/mol. The molecule has 0 aliphatic carbocycles. The van der Waals surface area contributed by atoms with Crippen LogP contribution in [0.4, 0.5) is 5.69 Å². The van der Waals surface area contributed by atoms with E-state index in [2.05, 4.69) is 5.32 Å². The molecule has 1 aromatic heterocycles. The molecule has 9 nitrogen and oxygen atoms in total. The lowest BCUT2D eigenvalue weighted by Gasteiger charge is -2.33. The van der Waals surface area contributed by atoms with Gasteiger partial charge in [0, 0.05) is 30.8 Å². The topological polar surface area (TPSA) is 116 Å². The van der Waals surface area contributed by atoms with Crippen LogP contribution in [0.25, 0.3) is 0 Å². The van der Waals surface area contributed by atoms with Gasteiger partial charge in [-0.2, -0.15) is 4.31 Å². The van der Waals surface area contributed by atoms with E-state index in [0.717, 1.165) is 16.9 Å². The highest BCUT2D eigenvalue weighted by Crippen LogP contribution is 2.30. The number of benzene rings is 2. The molecule has 0 saturated carbocycles. The van der Waals surface area contributed by atoms with Crippen LogP contribution >= 0.6 is 11.3 Å². The van der Waals surface area contributed by atoms with Gasteiger partial charge in [-0.05, 0) is 42.1 Å². The van der Waals surface area contributed by atoms with Crippen molar-refractivity contribution < 1.29 is 27.9 Å². The molecule has 0 spiro atoms. The maximum Gasteiger partial charge on any atom is 0.252 e. The number of aliphatic hydroxyl groups excluding tert-OH is 1. The van der Waals surface area contributed by atoms with Crippen LogP contribution in [0.1, 0.15) is 25.0 Å². The first-order chi connectivity index (χ1) is 19.1. The molecule has 11 heteroatoms. The van der Waals surface area contributed by atoms with Crippen molar-refractivity contribution in [1.82, 2.24) is 9.21 Å². The number of nitrogens with zero attached hydrogens (tertiary/aromatic N) is 2. The summed E-state index contributed by atoms with van der Waals surface area (Å²) in [6, 6.07) is 17.4.